The Hall–Kier alpha value is -3.10. The Kier molecular flexibility index (Phi) is 4.89. The third-order valence-corrected chi connectivity index (χ3v) is 6.78. The Morgan fingerprint density at radius 1 is 1.03 bits per heavy atom. The fourth-order valence-electron chi connectivity index (χ4n) is 3.45. The maximum Gasteiger partial charge on any atom is 0.271 e. The lowest BCUT2D eigenvalue weighted by Gasteiger charge is -2.13. The first kappa shape index (κ1) is 19.2. The van der Waals surface area contributed by atoms with E-state index in [4.69, 9.17) is 0 Å². The summed E-state index contributed by atoms with van der Waals surface area (Å²) in [5.41, 5.74) is 3.21. The first-order chi connectivity index (χ1) is 13.9. The van der Waals surface area contributed by atoms with E-state index < -0.39 is 15.8 Å². The van der Waals surface area contributed by atoms with Crippen molar-refractivity contribution in [1.29, 1.82) is 0 Å². The van der Waals surface area contributed by atoms with Gasteiger partial charge in [-0.1, -0.05) is 62.4 Å². The molecule has 0 amide bonds. The number of hydrogen-bond acceptors (Lipinski definition) is 2. The summed E-state index contributed by atoms with van der Waals surface area (Å²) in [7, 11) is -4.12. The van der Waals surface area contributed by atoms with Gasteiger partial charge in [-0.3, -0.25) is 0 Å². The van der Waals surface area contributed by atoms with E-state index in [9.17, 15) is 12.8 Å². The number of fused-ring (bicyclic) bond motifs is 1. The molecule has 3 nitrogen and oxygen atoms in total. The SMILES string of the molecule is CC(C)c1ccc(Cc2cc3c#cccc3n2S(=O)(=O)c2ccccc2F)cc1. The van der Waals surface area contributed by atoms with Crippen molar-refractivity contribution in [2.45, 2.75) is 31.1 Å². The van der Waals surface area contributed by atoms with Gasteiger partial charge in [0.2, 0.25) is 0 Å². The molecule has 0 N–H and O–H groups in total. The lowest BCUT2D eigenvalue weighted by Crippen LogP contribution is -2.17. The van der Waals surface area contributed by atoms with Crippen molar-refractivity contribution in [2.75, 3.05) is 0 Å². The molecule has 29 heavy (non-hydrogen) atoms. The Labute approximate surface area is 170 Å². The molecule has 5 heteroatoms. The lowest BCUT2D eigenvalue weighted by molar-refractivity contribution is 0.561. The summed E-state index contributed by atoms with van der Waals surface area (Å²) >= 11 is 0. The summed E-state index contributed by atoms with van der Waals surface area (Å²) in [6.45, 7) is 4.25. The smallest absolute Gasteiger partial charge is 0.237 e. The molecule has 0 unspecified atom stereocenters. The van der Waals surface area contributed by atoms with Gasteiger partial charge in [0.25, 0.3) is 10.0 Å². The van der Waals surface area contributed by atoms with Gasteiger partial charge in [-0.2, -0.15) is 0 Å². The van der Waals surface area contributed by atoms with Gasteiger partial charge >= 0.3 is 0 Å². The molecular formula is C24H20FNO2S. The van der Waals surface area contributed by atoms with Crippen molar-refractivity contribution in [3.63, 3.8) is 0 Å². The van der Waals surface area contributed by atoms with E-state index >= 15 is 0 Å². The highest BCUT2D eigenvalue weighted by Gasteiger charge is 2.25. The van der Waals surface area contributed by atoms with E-state index in [-0.39, 0.29) is 4.90 Å². The van der Waals surface area contributed by atoms with E-state index in [0.29, 0.717) is 28.9 Å². The predicted molar refractivity (Wildman–Crippen MR) is 112 cm³/mol. The average Bonchev–Trinajstić information content (AvgIpc) is 3.07. The van der Waals surface area contributed by atoms with Crippen molar-refractivity contribution in [3.05, 3.63) is 102 Å². The zero-order valence-corrected chi connectivity index (χ0v) is 17.0. The van der Waals surface area contributed by atoms with Crippen LogP contribution in [0.25, 0.3) is 10.9 Å². The van der Waals surface area contributed by atoms with E-state index in [1.165, 1.54) is 27.7 Å². The summed E-state index contributed by atoms with van der Waals surface area (Å²) in [5, 5.41) is 0.626. The lowest BCUT2D eigenvalue weighted by atomic mass is 10.0. The van der Waals surface area contributed by atoms with Gasteiger partial charge in [0, 0.05) is 12.1 Å². The Bertz CT molecular complexity index is 1270. The van der Waals surface area contributed by atoms with Crippen molar-refractivity contribution >= 4 is 20.9 Å². The molecule has 0 radical (unpaired) electrons. The standard InChI is InChI=1S/C24H20FNO2S/c1-17(2)19-13-11-18(12-14-19)15-21-16-20-7-3-5-9-23(20)26(21)29(27,28)24-10-6-4-8-22(24)25/h4-6,8-14,16-17H,15H2,1-2H3. The highest BCUT2D eigenvalue weighted by molar-refractivity contribution is 7.90. The van der Waals surface area contributed by atoms with Crippen LogP contribution in [-0.4, -0.2) is 12.4 Å². The second-order valence-electron chi connectivity index (χ2n) is 7.31. The number of rotatable bonds is 5. The number of nitrogens with zero attached hydrogens (tertiary/aromatic N) is 1. The van der Waals surface area contributed by atoms with E-state index in [0.717, 1.165) is 11.6 Å². The quantitative estimate of drug-likeness (QED) is 0.450. The molecule has 1 aromatic heterocycles. The molecule has 4 rings (SSSR count). The van der Waals surface area contributed by atoms with Crippen LogP contribution in [0.1, 0.15) is 36.6 Å². The van der Waals surface area contributed by atoms with Gasteiger partial charge in [0.15, 0.2) is 0 Å². The summed E-state index contributed by atoms with van der Waals surface area (Å²) in [5.74, 6) is -0.352. The molecular weight excluding hydrogens is 385 g/mol. The van der Waals surface area contributed by atoms with Gasteiger partial charge in [-0.25, -0.2) is 16.8 Å². The van der Waals surface area contributed by atoms with Crippen LogP contribution < -0.4 is 0 Å². The first-order valence-electron chi connectivity index (χ1n) is 9.39. The molecule has 0 fully saturated rings. The van der Waals surface area contributed by atoms with Crippen molar-refractivity contribution in [1.82, 2.24) is 3.97 Å². The van der Waals surface area contributed by atoms with Crippen molar-refractivity contribution in [2.24, 2.45) is 0 Å². The van der Waals surface area contributed by atoms with Crippen molar-refractivity contribution in [3.8, 4) is 0 Å². The van der Waals surface area contributed by atoms with Gasteiger partial charge in [0.05, 0.1) is 10.9 Å². The first-order valence-corrected chi connectivity index (χ1v) is 10.8. The van der Waals surface area contributed by atoms with E-state index in [2.05, 4.69) is 38.1 Å². The third-order valence-electron chi connectivity index (χ3n) is 4.98. The van der Waals surface area contributed by atoms with Crippen LogP contribution in [0.3, 0.4) is 0 Å². The molecule has 4 aromatic rings. The average molecular weight is 405 g/mol. The highest BCUT2D eigenvalue weighted by Crippen LogP contribution is 2.28. The third kappa shape index (κ3) is 3.52. The maximum atomic E-state index is 14.3. The Morgan fingerprint density at radius 3 is 2.45 bits per heavy atom. The van der Waals surface area contributed by atoms with Gasteiger partial charge in [0.1, 0.15) is 10.7 Å². The van der Waals surface area contributed by atoms with Crippen LogP contribution in [0.15, 0.2) is 71.6 Å². The van der Waals surface area contributed by atoms with Crippen LogP contribution >= 0.6 is 0 Å². The minimum absolute atomic E-state index is 0.346. The van der Waals surface area contributed by atoms with Gasteiger partial charge in [-0.15, -0.1) is 0 Å². The highest BCUT2D eigenvalue weighted by atomic mass is 32.2. The minimum atomic E-state index is -4.12. The fraction of sp³-hybridized carbons (Fsp3) is 0.167. The monoisotopic (exact) mass is 405 g/mol. The van der Waals surface area contributed by atoms with Crippen molar-refractivity contribution < 1.29 is 12.8 Å². The number of hydrogen-bond donors (Lipinski definition) is 0. The van der Waals surface area contributed by atoms with E-state index in [1.54, 1.807) is 18.2 Å². The van der Waals surface area contributed by atoms with Crippen LogP contribution in [0.2, 0.25) is 0 Å². The molecule has 146 valence electrons. The molecule has 0 atom stereocenters. The second-order valence-corrected chi connectivity index (χ2v) is 9.07. The molecule has 0 saturated carbocycles. The zero-order valence-electron chi connectivity index (χ0n) is 16.2. The van der Waals surface area contributed by atoms with Crippen LogP contribution in [0, 0.1) is 17.9 Å². The topological polar surface area (TPSA) is 39.1 Å². The molecule has 0 spiro atoms. The number of benzene rings is 2. The molecule has 0 saturated heterocycles. The summed E-state index contributed by atoms with van der Waals surface area (Å²) in [6, 6.07) is 24.4. The Morgan fingerprint density at radius 2 is 1.76 bits per heavy atom. The summed E-state index contributed by atoms with van der Waals surface area (Å²) in [6.07, 6.45) is 0.397. The summed E-state index contributed by atoms with van der Waals surface area (Å²) < 4.78 is 42.3. The predicted octanol–water partition coefficient (Wildman–Crippen LogP) is 5.33. The van der Waals surface area contributed by atoms with E-state index in [1.807, 2.05) is 12.1 Å². The fourth-order valence-corrected chi connectivity index (χ4v) is 5.06. The molecule has 0 aliphatic rings. The second kappa shape index (κ2) is 7.38. The van der Waals surface area contributed by atoms with Crippen LogP contribution in [0.5, 0.6) is 0 Å². The minimum Gasteiger partial charge on any atom is -0.237 e. The molecule has 1 heterocycles. The van der Waals surface area contributed by atoms with Crippen LogP contribution in [-0.2, 0) is 16.4 Å². The van der Waals surface area contributed by atoms with Gasteiger partial charge < -0.3 is 0 Å². The molecule has 0 aliphatic heterocycles. The maximum absolute atomic E-state index is 14.3. The Balaban J connectivity index is 1.86. The normalized spacial score (nSPS) is 11.7. The number of aromatic nitrogens is 1. The zero-order chi connectivity index (χ0) is 20.6. The number of halogens is 1. The van der Waals surface area contributed by atoms with Crippen LogP contribution in [0.4, 0.5) is 4.39 Å². The molecule has 0 bridgehead atoms. The molecule has 3 aromatic carbocycles. The largest absolute Gasteiger partial charge is 0.271 e. The van der Waals surface area contributed by atoms with Gasteiger partial charge in [-0.05, 0) is 47.4 Å². The molecule has 0 aliphatic carbocycles. The summed E-state index contributed by atoms with van der Waals surface area (Å²) in [4.78, 5) is -0.346.